The molecule has 2 aromatic carbocycles. The van der Waals surface area contributed by atoms with Gasteiger partial charge in [0.1, 0.15) is 28.2 Å². The highest BCUT2D eigenvalue weighted by Crippen LogP contribution is 2.41. The molecular weight excluding hydrogens is 486 g/mol. The van der Waals surface area contributed by atoms with Gasteiger partial charge in [0.25, 0.3) is 5.69 Å². The van der Waals surface area contributed by atoms with Crippen LogP contribution in [0.4, 0.5) is 5.69 Å². The Balaban J connectivity index is 1.54. The first-order valence-corrected chi connectivity index (χ1v) is 11.2. The van der Waals surface area contributed by atoms with Crippen LogP contribution < -0.4 is 14.2 Å². The van der Waals surface area contributed by atoms with Crippen LogP contribution in [0.5, 0.6) is 17.2 Å². The summed E-state index contributed by atoms with van der Waals surface area (Å²) in [6.07, 6.45) is 0.934. The zero-order valence-corrected chi connectivity index (χ0v) is 19.4. The number of aromatic nitrogens is 2. The van der Waals surface area contributed by atoms with Gasteiger partial charge in [-0.25, -0.2) is 9.78 Å². The average Bonchev–Trinajstić information content (AvgIpc) is 3.54. The fourth-order valence-corrected chi connectivity index (χ4v) is 4.97. The van der Waals surface area contributed by atoms with Crippen LogP contribution in [0, 0.1) is 10.1 Å². The maximum atomic E-state index is 12.5. The van der Waals surface area contributed by atoms with Crippen molar-refractivity contribution in [2.45, 2.75) is 13.0 Å². The number of carbonyl (C=O) groups is 1. The Labute approximate surface area is 201 Å². The van der Waals surface area contributed by atoms with E-state index in [9.17, 15) is 14.9 Å². The monoisotopic (exact) mass is 501 g/mol. The Kier molecular flexibility index (Phi) is 5.50. The van der Waals surface area contributed by atoms with Gasteiger partial charge in [0.15, 0.2) is 16.4 Å². The third kappa shape index (κ3) is 3.68. The third-order valence-electron chi connectivity index (χ3n) is 5.28. The molecular formula is C22H16ClN3O7S. The van der Waals surface area contributed by atoms with Gasteiger partial charge >= 0.3 is 5.97 Å². The van der Waals surface area contributed by atoms with E-state index in [2.05, 4.69) is 4.98 Å². The molecule has 174 valence electrons. The molecule has 0 radical (unpaired) electrons. The van der Waals surface area contributed by atoms with Gasteiger partial charge in [-0.05, 0) is 6.92 Å². The molecule has 0 fully saturated rings. The number of nitro groups is 1. The summed E-state index contributed by atoms with van der Waals surface area (Å²) in [5.74, 6) is 0.894. The molecule has 0 bridgehead atoms. The standard InChI is InChI=1S/C22H16ClN3O7S/c1-11(12-4-3-5-14(20(12)23)26(28)29)33-18-8-19(34-21(18)22(27)30-2)25-9-24-13-6-16-17(7-15(13)25)32-10-31-16/h3-9,11H,10H2,1-2H3. The van der Waals surface area contributed by atoms with Crippen LogP contribution in [-0.2, 0) is 4.74 Å². The molecule has 5 rings (SSSR count). The molecule has 1 atom stereocenters. The highest BCUT2D eigenvalue weighted by Gasteiger charge is 2.25. The van der Waals surface area contributed by atoms with E-state index < -0.39 is 17.0 Å². The maximum absolute atomic E-state index is 12.5. The van der Waals surface area contributed by atoms with Crippen LogP contribution in [0.25, 0.3) is 16.0 Å². The summed E-state index contributed by atoms with van der Waals surface area (Å²) in [6, 6.07) is 9.76. The second-order valence-corrected chi connectivity index (χ2v) is 8.68. The van der Waals surface area contributed by atoms with Crippen LogP contribution in [0.1, 0.15) is 28.3 Å². The average molecular weight is 502 g/mol. The van der Waals surface area contributed by atoms with Gasteiger partial charge in [-0.1, -0.05) is 23.7 Å². The lowest BCUT2D eigenvalue weighted by Crippen LogP contribution is -2.07. The Morgan fingerprint density at radius 3 is 2.79 bits per heavy atom. The number of hydrogen-bond acceptors (Lipinski definition) is 9. The Hall–Kier alpha value is -3.83. The summed E-state index contributed by atoms with van der Waals surface area (Å²) in [5.41, 5.74) is 1.64. The molecule has 12 heteroatoms. The molecule has 34 heavy (non-hydrogen) atoms. The number of carbonyl (C=O) groups excluding carboxylic acids is 1. The van der Waals surface area contributed by atoms with Crippen LogP contribution >= 0.6 is 22.9 Å². The maximum Gasteiger partial charge on any atom is 0.351 e. The number of benzene rings is 2. The predicted octanol–water partition coefficient (Wildman–Crippen LogP) is 5.30. The largest absolute Gasteiger partial charge is 0.484 e. The Bertz CT molecular complexity index is 1450. The van der Waals surface area contributed by atoms with Crippen molar-refractivity contribution in [2.75, 3.05) is 13.9 Å². The minimum Gasteiger partial charge on any atom is -0.484 e. The van der Waals surface area contributed by atoms with Crippen LogP contribution in [0.2, 0.25) is 5.02 Å². The molecule has 3 heterocycles. The van der Waals surface area contributed by atoms with E-state index in [-0.39, 0.29) is 28.1 Å². The predicted molar refractivity (Wildman–Crippen MR) is 124 cm³/mol. The molecule has 2 aromatic heterocycles. The van der Waals surface area contributed by atoms with Gasteiger partial charge in [-0.3, -0.25) is 14.7 Å². The first-order valence-electron chi connectivity index (χ1n) is 9.96. The lowest BCUT2D eigenvalue weighted by Gasteiger charge is -2.16. The number of fused-ring (bicyclic) bond motifs is 2. The molecule has 0 N–H and O–H groups in total. The van der Waals surface area contributed by atoms with E-state index >= 15 is 0 Å². The minimum atomic E-state index is -0.688. The zero-order valence-electron chi connectivity index (χ0n) is 17.8. The lowest BCUT2D eigenvalue weighted by atomic mass is 10.1. The number of hydrogen-bond donors (Lipinski definition) is 0. The summed E-state index contributed by atoms with van der Waals surface area (Å²) < 4.78 is 23.7. The zero-order chi connectivity index (χ0) is 24.0. The van der Waals surface area contributed by atoms with Crippen LogP contribution in [-0.4, -0.2) is 34.3 Å². The van der Waals surface area contributed by atoms with E-state index in [0.717, 1.165) is 16.9 Å². The molecule has 0 amide bonds. The minimum absolute atomic E-state index is 0.0215. The molecule has 1 unspecified atom stereocenters. The van der Waals surface area contributed by atoms with E-state index in [0.29, 0.717) is 27.6 Å². The van der Waals surface area contributed by atoms with E-state index in [1.54, 1.807) is 36.0 Å². The number of rotatable bonds is 6. The quantitative estimate of drug-likeness (QED) is 0.198. The van der Waals surface area contributed by atoms with Gasteiger partial charge in [-0.2, -0.15) is 0 Å². The number of nitro benzene ring substituents is 1. The first kappa shape index (κ1) is 22.0. The van der Waals surface area contributed by atoms with Crippen molar-refractivity contribution < 1.29 is 28.7 Å². The lowest BCUT2D eigenvalue weighted by molar-refractivity contribution is -0.384. The number of thiophene rings is 1. The fraction of sp³-hybridized carbons (Fsp3) is 0.182. The summed E-state index contributed by atoms with van der Waals surface area (Å²) in [6.45, 7) is 1.83. The number of ether oxygens (including phenoxy) is 4. The second kappa shape index (κ2) is 8.50. The topological polar surface area (TPSA) is 115 Å². The van der Waals surface area contributed by atoms with Crippen molar-refractivity contribution >= 4 is 45.6 Å². The molecule has 1 aliphatic rings. The summed E-state index contributed by atoms with van der Waals surface area (Å²) >= 11 is 7.41. The fourth-order valence-electron chi connectivity index (χ4n) is 3.62. The normalized spacial score (nSPS) is 13.1. The molecule has 0 saturated heterocycles. The molecule has 10 nitrogen and oxygen atoms in total. The third-order valence-corrected chi connectivity index (χ3v) is 6.79. The van der Waals surface area contributed by atoms with Gasteiger partial charge < -0.3 is 18.9 Å². The smallest absolute Gasteiger partial charge is 0.351 e. The Morgan fingerprint density at radius 1 is 1.29 bits per heavy atom. The summed E-state index contributed by atoms with van der Waals surface area (Å²) in [7, 11) is 1.28. The number of esters is 1. The molecule has 0 aliphatic carbocycles. The second-order valence-electron chi connectivity index (χ2n) is 7.28. The molecule has 4 aromatic rings. The number of nitrogens with zero attached hydrogens (tertiary/aromatic N) is 3. The summed E-state index contributed by atoms with van der Waals surface area (Å²) in [5, 5.41) is 11.9. The molecule has 1 aliphatic heterocycles. The highest BCUT2D eigenvalue weighted by molar-refractivity contribution is 7.16. The number of imidazole rings is 1. The van der Waals surface area contributed by atoms with Crippen LogP contribution in [0.3, 0.4) is 0 Å². The van der Waals surface area contributed by atoms with Crippen molar-refractivity contribution in [3.05, 3.63) is 68.3 Å². The molecule has 0 saturated carbocycles. The van der Waals surface area contributed by atoms with E-state index in [4.69, 9.17) is 30.5 Å². The Morgan fingerprint density at radius 2 is 2.06 bits per heavy atom. The van der Waals surface area contributed by atoms with Gasteiger partial charge in [0, 0.05) is 29.8 Å². The number of methoxy groups -OCH3 is 1. The van der Waals surface area contributed by atoms with Crippen molar-refractivity contribution in [1.82, 2.24) is 9.55 Å². The van der Waals surface area contributed by atoms with Crippen molar-refractivity contribution in [1.29, 1.82) is 0 Å². The van der Waals surface area contributed by atoms with Gasteiger partial charge in [-0.15, -0.1) is 11.3 Å². The van der Waals surface area contributed by atoms with Crippen molar-refractivity contribution in [3.8, 4) is 22.2 Å². The van der Waals surface area contributed by atoms with Gasteiger partial charge in [0.2, 0.25) is 6.79 Å². The first-order chi connectivity index (χ1) is 16.4. The van der Waals surface area contributed by atoms with Crippen molar-refractivity contribution in [3.63, 3.8) is 0 Å². The molecule has 0 spiro atoms. The number of halogens is 1. The highest BCUT2D eigenvalue weighted by atomic mass is 35.5. The van der Waals surface area contributed by atoms with Crippen LogP contribution in [0.15, 0.2) is 42.7 Å². The van der Waals surface area contributed by atoms with Crippen molar-refractivity contribution in [2.24, 2.45) is 0 Å². The van der Waals surface area contributed by atoms with E-state index in [1.165, 1.54) is 19.2 Å². The van der Waals surface area contributed by atoms with E-state index in [1.807, 2.05) is 6.07 Å². The SMILES string of the molecule is COC(=O)c1sc(-n2cnc3cc4c(cc32)OCO4)cc1OC(C)c1cccc([N+](=O)[O-])c1Cl. The summed E-state index contributed by atoms with van der Waals surface area (Å²) in [4.78, 5) is 27.8. The van der Waals surface area contributed by atoms with Gasteiger partial charge in [0.05, 0.1) is 23.1 Å².